The molecule has 0 aliphatic rings. The zero-order chi connectivity index (χ0) is 37.7. The lowest BCUT2D eigenvalue weighted by Gasteiger charge is -2.27. The summed E-state index contributed by atoms with van der Waals surface area (Å²) in [6.45, 7) is 0. The number of anilines is 3. The van der Waals surface area contributed by atoms with E-state index in [1.807, 2.05) is 0 Å². The summed E-state index contributed by atoms with van der Waals surface area (Å²) in [5.41, 5.74) is 10.7. The summed E-state index contributed by atoms with van der Waals surface area (Å²) < 4.78 is 0. The first-order valence-corrected chi connectivity index (χ1v) is 19.7. The Morgan fingerprint density at radius 2 is 0.719 bits per heavy atom. The molecule has 57 heavy (non-hydrogen) atoms. The van der Waals surface area contributed by atoms with Crippen LogP contribution >= 0.6 is 0 Å². The zero-order valence-electron chi connectivity index (χ0n) is 31.3. The van der Waals surface area contributed by atoms with Crippen molar-refractivity contribution in [1.82, 2.24) is 0 Å². The average molecular weight is 724 g/mol. The minimum atomic E-state index is 1.10. The summed E-state index contributed by atoms with van der Waals surface area (Å²) in [6, 6.07) is 82.1. The average Bonchev–Trinajstić information content (AvgIpc) is 3.29. The summed E-state index contributed by atoms with van der Waals surface area (Å²) in [5.74, 6) is 0. The summed E-state index contributed by atoms with van der Waals surface area (Å²) >= 11 is 0. The van der Waals surface area contributed by atoms with Crippen molar-refractivity contribution in [2.24, 2.45) is 0 Å². The second-order valence-corrected chi connectivity index (χ2v) is 14.9. The van der Waals surface area contributed by atoms with Crippen molar-refractivity contribution < 1.29 is 0 Å². The van der Waals surface area contributed by atoms with Gasteiger partial charge < -0.3 is 4.90 Å². The highest BCUT2D eigenvalue weighted by molar-refractivity contribution is 6.22. The first kappa shape index (κ1) is 32.9. The molecule has 0 spiro atoms. The lowest BCUT2D eigenvalue weighted by atomic mass is 9.85. The number of hydrogen-bond acceptors (Lipinski definition) is 1. The van der Waals surface area contributed by atoms with Crippen LogP contribution in [0.1, 0.15) is 0 Å². The number of rotatable bonds is 6. The lowest BCUT2D eigenvalue weighted by Crippen LogP contribution is -2.10. The van der Waals surface area contributed by atoms with Gasteiger partial charge in [0.05, 0.1) is 0 Å². The van der Waals surface area contributed by atoms with Crippen molar-refractivity contribution in [3.63, 3.8) is 0 Å². The molecule has 266 valence electrons. The quantitative estimate of drug-likeness (QED) is 0.154. The number of benzene rings is 11. The molecule has 0 heterocycles. The third-order valence-corrected chi connectivity index (χ3v) is 11.6. The topological polar surface area (TPSA) is 3.24 Å². The van der Waals surface area contributed by atoms with Crippen molar-refractivity contribution in [2.45, 2.75) is 0 Å². The molecule has 0 aromatic heterocycles. The van der Waals surface area contributed by atoms with Gasteiger partial charge in [0.1, 0.15) is 0 Å². The van der Waals surface area contributed by atoms with Gasteiger partial charge in [-0.2, -0.15) is 0 Å². The highest BCUT2D eigenvalue weighted by atomic mass is 15.1. The lowest BCUT2D eigenvalue weighted by molar-refractivity contribution is 1.29. The maximum Gasteiger partial charge on any atom is 0.0468 e. The molecule has 1 heteroatoms. The SMILES string of the molecule is c1ccc(-c2c(-c3ccccc3)c3cc(N(c4ccc(-c5cccc6c5ccc5ccccc56)cc4)c4ccc5ccccc5c4)ccc3c3ccccc23)cc1. The predicted octanol–water partition coefficient (Wildman–Crippen LogP) is 15.9. The van der Waals surface area contributed by atoms with E-state index in [4.69, 9.17) is 0 Å². The normalized spacial score (nSPS) is 11.5. The van der Waals surface area contributed by atoms with Crippen LogP contribution in [0.5, 0.6) is 0 Å². The van der Waals surface area contributed by atoms with Crippen LogP contribution in [0.3, 0.4) is 0 Å². The van der Waals surface area contributed by atoms with Gasteiger partial charge in [-0.25, -0.2) is 0 Å². The fourth-order valence-electron chi connectivity index (χ4n) is 8.97. The maximum absolute atomic E-state index is 2.42. The second-order valence-electron chi connectivity index (χ2n) is 14.9. The van der Waals surface area contributed by atoms with Gasteiger partial charge in [-0.05, 0) is 124 Å². The molecule has 0 atom stereocenters. The largest absolute Gasteiger partial charge is 0.310 e. The summed E-state index contributed by atoms with van der Waals surface area (Å²) in [4.78, 5) is 2.42. The Balaban J connectivity index is 1.14. The molecule has 0 unspecified atom stereocenters. The van der Waals surface area contributed by atoms with Gasteiger partial charge in [-0.1, -0.05) is 188 Å². The van der Waals surface area contributed by atoms with E-state index >= 15 is 0 Å². The van der Waals surface area contributed by atoms with Gasteiger partial charge in [0.2, 0.25) is 0 Å². The third kappa shape index (κ3) is 5.63. The molecule has 0 fully saturated rings. The molecule has 0 amide bonds. The van der Waals surface area contributed by atoms with Gasteiger partial charge in [0.25, 0.3) is 0 Å². The molecule has 0 radical (unpaired) electrons. The van der Waals surface area contributed by atoms with E-state index < -0.39 is 0 Å². The molecule has 11 aromatic carbocycles. The van der Waals surface area contributed by atoms with Crippen LogP contribution in [0.4, 0.5) is 17.1 Å². The van der Waals surface area contributed by atoms with E-state index in [0.717, 1.165) is 17.1 Å². The molecule has 0 saturated carbocycles. The Kier molecular flexibility index (Phi) is 7.89. The summed E-state index contributed by atoms with van der Waals surface area (Å²) in [7, 11) is 0. The third-order valence-electron chi connectivity index (χ3n) is 11.6. The number of fused-ring (bicyclic) bond motifs is 7. The zero-order valence-corrected chi connectivity index (χ0v) is 31.3. The highest BCUT2D eigenvalue weighted by Crippen LogP contribution is 2.47. The van der Waals surface area contributed by atoms with Gasteiger partial charge in [-0.3, -0.25) is 0 Å². The number of hydrogen-bond donors (Lipinski definition) is 0. The molecule has 0 aliphatic heterocycles. The van der Waals surface area contributed by atoms with Crippen LogP contribution < -0.4 is 4.90 Å². The van der Waals surface area contributed by atoms with Crippen LogP contribution in [-0.2, 0) is 0 Å². The fourth-order valence-corrected chi connectivity index (χ4v) is 8.97. The van der Waals surface area contributed by atoms with Crippen molar-refractivity contribution in [3.8, 4) is 33.4 Å². The van der Waals surface area contributed by atoms with Crippen molar-refractivity contribution in [3.05, 3.63) is 224 Å². The van der Waals surface area contributed by atoms with E-state index in [2.05, 4.69) is 229 Å². The van der Waals surface area contributed by atoms with Crippen molar-refractivity contribution in [1.29, 1.82) is 0 Å². The standard InChI is InChI=1S/C56H37N/c1-3-16-41(17-4-1)55-53-23-12-11-22-50(53)52-35-33-46(37-54(52)56(55)42-18-5-2-6-19-42)57(45-32-26-38-14-7-8-20-43(38)36-45)44-30-27-40(28-31-44)48-24-13-25-49-47-21-10-9-15-39(47)29-34-51(48)49/h1-37H. The van der Waals surface area contributed by atoms with Crippen molar-refractivity contribution in [2.75, 3.05) is 4.90 Å². The van der Waals surface area contributed by atoms with E-state index in [-0.39, 0.29) is 0 Å². The van der Waals surface area contributed by atoms with Crippen LogP contribution in [0.15, 0.2) is 224 Å². The first-order chi connectivity index (χ1) is 28.3. The Bertz CT molecular complexity index is 3270. The molecule has 0 N–H and O–H groups in total. The van der Waals surface area contributed by atoms with E-state index in [0.29, 0.717) is 0 Å². The van der Waals surface area contributed by atoms with E-state index in [9.17, 15) is 0 Å². The molecular weight excluding hydrogens is 687 g/mol. The van der Waals surface area contributed by atoms with E-state index in [1.54, 1.807) is 0 Å². The van der Waals surface area contributed by atoms with Gasteiger partial charge >= 0.3 is 0 Å². The Labute approximate surface area is 332 Å². The van der Waals surface area contributed by atoms with Crippen LogP contribution in [0, 0.1) is 0 Å². The number of nitrogens with zero attached hydrogens (tertiary/aromatic N) is 1. The first-order valence-electron chi connectivity index (χ1n) is 19.7. The molecule has 0 saturated heterocycles. The predicted molar refractivity (Wildman–Crippen MR) is 245 cm³/mol. The molecule has 1 nitrogen and oxygen atoms in total. The van der Waals surface area contributed by atoms with Crippen LogP contribution in [0.25, 0.3) is 87.2 Å². The Morgan fingerprint density at radius 1 is 0.228 bits per heavy atom. The minimum absolute atomic E-state index is 1.10. The Hall–Kier alpha value is -7.48. The van der Waals surface area contributed by atoms with E-state index in [1.165, 1.54) is 87.2 Å². The summed E-state index contributed by atoms with van der Waals surface area (Å²) in [5, 5.41) is 12.5. The van der Waals surface area contributed by atoms with Crippen LogP contribution in [-0.4, -0.2) is 0 Å². The molecule has 0 bridgehead atoms. The second kappa shape index (κ2) is 13.7. The van der Waals surface area contributed by atoms with Crippen LogP contribution in [0.2, 0.25) is 0 Å². The Morgan fingerprint density at radius 3 is 1.47 bits per heavy atom. The van der Waals surface area contributed by atoms with Gasteiger partial charge in [-0.15, -0.1) is 0 Å². The molecule has 0 aliphatic carbocycles. The molecule has 11 aromatic rings. The summed E-state index contributed by atoms with van der Waals surface area (Å²) in [6.07, 6.45) is 0. The fraction of sp³-hybridized carbons (Fsp3) is 0. The smallest absolute Gasteiger partial charge is 0.0468 e. The van der Waals surface area contributed by atoms with Crippen molar-refractivity contribution >= 4 is 70.9 Å². The maximum atomic E-state index is 2.42. The highest BCUT2D eigenvalue weighted by Gasteiger charge is 2.21. The molecular formula is C56H37N. The van der Waals surface area contributed by atoms with Gasteiger partial charge in [0, 0.05) is 17.1 Å². The molecule has 11 rings (SSSR count). The minimum Gasteiger partial charge on any atom is -0.310 e. The monoisotopic (exact) mass is 723 g/mol. The van der Waals surface area contributed by atoms with Gasteiger partial charge in [0.15, 0.2) is 0 Å².